The number of hydrogen-bond acceptors (Lipinski definition) is 3. The highest BCUT2D eigenvalue weighted by Crippen LogP contribution is 2.11. The van der Waals surface area contributed by atoms with Gasteiger partial charge in [-0.15, -0.1) is 0 Å². The van der Waals surface area contributed by atoms with Gasteiger partial charge >= 0.3 is 0 Å². The molecule has 0 bridgehead atoms. The van der Waals surface area contributed by atoms with E-state index in [1.165, 1.54) is 17.0 Å². The second-order valence-electron chi connectivity index (χ2n) is 5.00. The Bertz CT molecular complexity index is 837. The third-order valence-corrected chi connectivity index (χ3v) is 3.43. The highest BCUT2D eigenvalue weighted by molar-refractivity contribution is 5.77. The van der Waals surface area contributed by atoms with E-state index >= 15 is 0 Å². The Kier molecular flexibility index (Phi) is 3.51. The molecule has 1 aromatic carbocycles. The van der Waals surface area contributed by atoms with E-state index in [4.69, 9.17) is 0 Å². The Morgan fingerprint density at radius 1 is 1.33 bits per heavy atom. The molecule has 0 radical (unpaired) electrons. The summed E-state index contributed by atoms with van der Waals surface area (Å²) in [6, 6.07) is 4.47. The molecule has 0 saturated carbocycles. The summed E-state index contributed by atoms with van der Waals surface area (Å²) in [6.45, 7) is 0.505. The molecule has 0 aliphatic rings. The van der Waals surface area contributed by atoms with Crippen molar-refractivity contribution in [1.29, 1.82) is 0 Å². The van der Waals surface area contributed by atoms with Crippen molar-refractivity contribution in [1.82, 2.24) is 19.3 Å². The van der Waals surface area contributed by atoms with Gasteiger partial charge in [-0.2, -0.15) is 5.10 Å². The molecule has 0 spiro atoms. The van der Waals surface area contributed by atoms with Crippen LogP contribution in [0.2, 0.25) is 0 Å². The van der Waals surface area contributed by atoms with Crippen LogP contribution in [0.15, 0.2) is 41.7 Å². The number of aromatic nitrogens is 4. The molecular weight excluding hydrogens is 271 g/mol. The topological polar surface area (TPSA) is 52.7 Å². The lowest BCUT2D eigenvalue weighted by atomic mass is 10.2. The van der Waals surface area contributed by atoms with E-state index in [0.717, 1.165) is 18.4 Å². The molecule has 0 amide bonds. The van der Waals surface area contributed by atoms with Gasteiger partial charge in [-0.3, -0.25) is 14.0 Å². The number of benzene rings is 1. The predicted molar refractivity (Wildman–Crippen MR) is 77.5 cm³/mol. The smallest absolute Gasteiger partial charge is 0.264 e. The van der Waals surface area contributed by atoms with Crippen molar-refractivity contribution in [3.8, 4) is 0 Å². The molecule has 0 N–H and O–H groups in total. The van der Waals surface area contributed by atoms with Crippen LogP contribution in [0.25, 0.3) is 10.9 Å². The Morgan fingerprint density at radius 2 is 2.19 bits per heavy atom. The van der Waals surface area contributed by atoms with Crippen molar-refractivity contribution < 1.29 is 4.39 Å². The number of aryl methyl sites for hydroxylation is 3. The van der Waals surface area contributed by atoms with Crippen molar-refractivity contribution in [2.75, 3.05) is 0 Å². The molecule has 0 unspecified atom stereocenters. The molecular formula is C15H15FN4O. The zero-order chi connectivity index (χ0) is 14.8. The lowest BCUT2D eigenvalue weighted by molar-refractivity contribution is 0.606. The maximum atomic E-state index is 13.8. The third-order valence-electron chi connectivity index (χ3n) is 3.43. The first kappa shape index (κ1) is 13.5. The van der Waals surface area contributed by atoms with Gasteiger partial charge in [0.1, 0.15) is 11.2 Å². The van der Waals surface area contributed by atoms with Gasteiger partial charge in [0.2, 0.25) is 0 Å². The van der Waals surface area contributed by atoms with Crippen molar-refractivity contribution >= 4 is 10.9 Å². The maximum absolute atomic E-state index is 13.8. The average molecular weight is 286 g/mol. The summed E-state index contributed by atoms with van der Waals surface area (Å²) in [5.74, 6) is -0.522. The number of nitrogens with zero attached hydrogens (tertiary/aromatic N) is 4. The summed E-state index contributed by atoms with van der Waals surface area (Å²) in [5, 5.41) is 4.16. The summed E-state index contributed by atoms with van der Waals surface area (Å²) in [7, 11) is 1.87. The molecule has 0 saturated heterocycles. The van der Waals surface area contributed by atoms with Gasteiger partial charge in [0.05, 0.1) is 18.0 Å². The number of hydrogen-bond donors (Lipinski definition) is 0. The van der Waals surface area contributed by atoms with Crippen LogP contribution >= 0.6 is 0 Å². The normalized spacial score (nSPS) is 11.1. The zero-order valence-electron chi connectivity index (χ0n) is 11.7. The molecule has 5 nitrogen and oxygen atoms in total. The average Bonchev–Trinajstić information content (AvgIpc) is 2.87. The van der Waals surface area contributed by atoms with Crippen molar-refractivity contribution in [3.63, 3.8) is 0 Å². The first-order valence-corrected chi connectivity index (χ1v) is 6.76. The molecule has 0 atom stereocenters. The predicted octanol–water partition coefficient (Wildman–Crippen LogP) is 1.90. The van der Waals surface area contributed by atoms with Crippen LogP contribution in [0, 0.1) is 5.82 Å². The van der Waals surface area contributed by atoms with Gasteiger partial charge in [-0.1, -0.05) is 6.07 Å². The van der Waals surface area contributed by atoms with Crippen molar-refractivity contribution in [2.45, 2.75) is 19.4 Å². The minimum absolute atomic E-state index is 0.0568. The van der Waals surface area contributed by atoms with Crippen LogP contribution in [0.4, 0.5) is 4.39 Å². The van der Waals surface area contributed by atoms with E-state index in [1.807, 2.05) is 13.2 Å². The minimum Gasteiger partial charge on any atom is -0.299 e. The van der Waals surface area contributed by atoms with Gasteiger partial charge in [0.15, 0.2) is 0 Å². The van der Waals surface area contributed by atoms with E-state index in [-0.39, 0.29) is 10.9 Å². The van der Waals surface area contributed by atoms with E-state index in [0.29, 0.717) is 12.1 Å². The highest BCUT2D eigenvalue weighted by Gasteiger charge is 2.08. The van der Waals surface area contributed by atoms with E-state index in [2.05, 4.69) is 10.1 Å². The van der Waals surface area contributed by atoms with Crippen LogP contribution in [0.3, 0.4) is 0 Å². The molecule has 21 heavy (non-hydrogen) atoms. The summed E-state index contributed by atoms with van der Waals surface area (Å²) >= 11 is 0. The molecule has 0 fully saturated rings. The highest BCUT2D eigenvalue weighted by atomic mass is 19.1. The molecule has 108 valence electrons. The zero-order valence-corrected chi connectivity index (χ0v) is 11.7. The molecule has 3 rings (SSSR count). The maximum Gasteiger partial charge on any atom is 0.264 e. The monoisotopic (exact) mass is 286 g/mol. The quantitative estimate of drug-likeness (QED) is 0.736. The summed E-state index contributed by atoms with van der Waals surface area (Å²) in [4.78, 5) is 16.4. The van der Waals surface area contributed by atoms with Crippen LogP contribution < -0.4 is 5.56 Å². The fraction of sp³-hybridized carbons (Fsp3) is 0.267. The molecule has 6 heteroatoms. The molecule has 3 aromatic rings. The Labute approximate surface area is 120 Å². The van der Waals surface area contributed by atoms with Crippen LogP contribution in [-0.2, 0) is 20.0 Å². The number of rotatable bonds is 4. The SMILES string of the molecule is Cn1cc(CCCn2cnc3cccc(F)c3c2=O)cn1. The molecule has 0 aliphatic carbocycles. The Balaban J connectivity index is 1.80. The van der Waals surface area contributed by atoms with Gasteiger partial charge in [0.25, 0.3) is 5.56 Å². The van der Waals surface area contributed by atoms with E-state index in [1.54, 1.807) is 23.0 Å². The summed E-state index contributed by atoms with van der Waals surface area (Å²) in [5.41, 5.74) is 1.18. The van der Waals surface area contributed by atoms with E-state index < -0.39 is 5.82 Å². The fourth-order valence-electron chi connectivity index (χ4n) is 2.37. The van der Waals surface area contributed by atoms with Gasteiger partial charge in [-0.25, -0.2) is 9.37 Å². The van der Waals surface area contributed by atoms with Gasteiger partial charge in [0, 0.05) is 19.8 Å². The van der Waals surface area contributed by atoms with Crippen molar-refractivity contribution in [3.05, 3.63) is 58.7 Å². The van der Waals surface area contributed by atoms with E-state index in [9.17, 15) is 9.18 Å². The standard InChI is InChI=1S/C15H15FN4O/c1-19-9-11(8-18-19)4-3-7-20-10-17-13-6-2-5-12(16)14(13)15(20)21/h2,5-6,8-10H,3-4,7H2,1H3. The third kappa shape index (κ3) is 2.69. The molecule has 0 aliphatic heterocycles. The minimum atomic E-state index is -0.522. The first-order valence-electron chi connectivity index (χ1n) is 6.76. The largest absolute Gasteiger partial charge is 0.299 e. The second-order valence-corrected chi connectivity index (χ2v) is 5.00. The van der Waals surface area contributed by atoms with Gasteiger partial charge in [-0.05, 0) is 30.5 Å². The summed E-state index contributed by atoms with van der Waals surface area (Å²) in [6.07, 6.45) is 6.82. The lowest BCUT2D eigenvalue weighted by Gasteiger charge is -2.06. The van der Waals surface area contributed by atoms with Crippen LogP contribution in [0.5, 0.6) is 0 Å². The van der Waals surface area contributed by atoms with Crippen LogP contribution in [-0.4, -0.2) is 19.3 Å². The lowest BCUT2D eigenvalue weighted by Crippen LogP contribution is -2.21. The number of halogens is 1. The van der Waals surface area contributed by atoms with Crippen LogP contribution in [0.1, 0.15) is 12.0 Å². The first-order chi connectivity index (χ1) is 10.1. The second kappa shape index (κ2) is 5.47. The number of fused-ring (bicyclic) bond motifs is 1. The molecule has 2 aromatic heterocycles. The molecule has 2 heterocycles. The van der Waals surface area contributed by atoms with Gasteiger partial charge < -0.3 is 0 Å². The Morgan fingerprint density at radius 3 is 2.95 bits per heavy atom. The summed E-state index contributed by atoms with van der Waals surface area (Å²) < 4.78 is 17.0. The fourth-order valence-corrected chi connectivity index (χ4v) is 2.37. The Hall–Kier alpha value is -2.50. The van der Waals surface area contributed by atoms with Crippen molar-refractivity contribution in [2.24, 2.45) is 7.05 Å².